The van der Waals surface area contributed by atoms with Gasteiger partial charge in [0.05, 0.1) is 7.11 Å². The number of aryl methyl sites for hydroxylation is 3. The molecule has 1 aliphatic rings. The summed E-state index contributed by atoms with van der Waals surface area (Å²) in [6.07, 6.45) is 3.71. The molecule has 0 N–H and O–H groups in total. The summed E-state index contributed by atoms with van der Waals surface area (Å²) >= 11 is 0. The molecule has 8 nitrogen and oxygen atoms in total. The van der Waals surface area contributed by atoms with Gasteiger partial charge in [-0.2, -0.15) is 4.98 Å². The number of benzene rings is 1. The van der Waals surface area contributed by atoms with Crippen molar-refractivity contribution in [2.75, 3.05) is 33.3 Å². The maximum absolute atomic E-state index is 12.5. The molecule has 1 aliphatic heterocycles. The van der Waals surface area contributed by atoms with Gasteiger partial charge in [-0.25, -0.2) is 0 Å². The van der Waals surface area contributed by atoms with E-state index in [0.717, 1.165) is 24.2 Å². The van der Waals surface area contributed by atoms with Crippen LogP contribution in [0.4, 0.5) is 0 Å². The molecule has 8 heteroatoms. The first-order valence-electron chi connectivity index (χ1n) is 10.6. The third kappa shape index (κ3) is 6.05. The minimum atomic E-state index is 0.0653. The predicted octanol–water partition coefficient (Wildman–Crippen LogP) is 2.27. The molecule has 1 fully saturated rings. The standard InChI is InChI=1S/C22H30N4O4/c1-3-4-19-23-20(30-24-19)10-12-22(28)26-15-13-25(14-16-26)21(27)11-7-17-5-8-18(29-2)9-6-17/h5-6,8-9H,3-4,7,10-16H2,1-2H3. The first-order valence-corrected chi connectivity index (χ1v) is 10.6. The number of aromatic nitrogens is 2. The van der Waals surface area contributed by atoms with E-state index in [1.807, 2.05) is 34.1 Å². The van der Waals surface area contributed by atoms with E-state index in [1.54, 1.807) is 7.11 Å². The average Bonchev–Trinajstić information content (AvgIpc) is 3.24. The molecule has 0 bridgehead atoms. The number of carbonyl (C=O) groups is 2. The van der Waals surface area contributed by atoms with Gasteiger partial charge < -0.3 is 19.1 Å². The lowest BCUT2D eigenvalue weighted by molar-refractivity contribution is -0.139. The number of carbonyl (C=O) groups excluding carboxylic acids is 2. The Bertz CT molecular complexity index is 826. The highest BCUT2D eigenvalue weighted by atomic mass is 16.5. The van der Waals surface area contributed by atoms with E-state index in [9.17, 15) is 9.59 Å². The first-order chi connectivity index (χ1) is 14.6. The molecule has 0 spiro atoms. The molecule has 0 saturated carbocycles. The number of rotatable bonds is 9. The SMILES string of the molecule is CCCc1noc(CCC(=O)N2CCN(C(=O)CCc3ccc(OC)cc3)CC2)n1. The molecule has 1 saturated heterocycles. The van der Waals surface area contributed by atoms with Crippen molar-refractivity contribution in [1.29, 1.82) is 0 Å². The normalized spacial score (nSPS) is 14.1. The molecule has 0 atom stereocenters. The molecule has 0 unspecified atom stereocenters. The Kier molecular flexibility index (Phi) is 7.82. The highest BCUT2D eigenvalue weighted by Crippen LogP contribution is 2.14. The Morgan fingerprint density at radius 1 is 0.967 bits per heavy atom. The number of piperazine rings is 1. The number of methoxy groups -OCH3 is 1. The van der Waals surface area contributed by atoms with Crippen molar-refractivity contribution in [3.63, 3.8) is 0 Å². The fraction of sp³-hybridized carbons (Fsp3) is 0.545. The van der Waals surface area contributed by atoms with Crippen molar-refractivity contribution in [2.45, 2.75) is 45.4 Å². The minimum Gasteiger partial charge on any atom is -0.497 e. The van der Waals surface area contributed by atoms with Crippen LogP contribution in [0, 0.1) is 0 Å². The van der Waals surface area contributed by atoms with E-state index in [4.69, 9.17) is 9.26 Å². The summed E-state index contributed by atoms with van der Waals surface area (Å²) in [4.78, 5) is 32.9. The summed E-state index contributed by atoms with van der Waals surface area (Å²) in [5.74, 6) is 2.22. The first kappa shape index (κ1) is 21.8. The fourth-order valence-corrected chi connectivity index (χ4v) is 3.50. The second-order valence-electron chi connectivity index (χ2n) is 7.46. The van der Waals surface area contributed by atoms with Crippen molar-refractivity contribution in [3.8, 4) is 5.75 Å². The average molecular weight is 415 g/mol. The van der Waals surface area contributed by atoms with Gasteiger partial charge in [0.2, 0.25) is 17.7 Å². The van der Waals surface area contributed by atoms with E-state index < -0.39 is 0 Å². The molecule has 2 aromatic rings. The maximum Gasteiger partial charge on any atom is 0.227 e. The van der Waals surface area contributed by atoms with Crippen LogP contribution in [-0.2, 0) is 28.9 Å². The summed E-state index contributed by atoms with van der Waals surface area (Å²) in [7, 11) is 1.64. The highest BCUT2D eigenvalue weighted by Gasteiger charge is 2.24. The molecule has 0 aliphatic carbocycles. The zero-order valence-corrected chi connectivity index (χ0v) is 17.8. The summed E-state index contributed by atoms with van der Waals surface area (Å²) in [5, 5.41) is 3.91. The third-order valence-electron chi connectivity index (χ3n) is 5.31. The van der Waals surface area contributed by atoms with Gasteiger partial charge in [0.25, 0.3) is 0 Å². The molecule has 162 valence electrons. The Balaban J connectivity index is 1.37. The van der Waals surface area contributed by atoms with E-state index in [0.29, 0.717) is 63.6 Å². The van der Waals surface area contributed by atoms with Gasteiger partial charge in [-0.3, -0.25) is 9.59 Å². The number of hydrogen-bond acceptors (Lipinski definition) is 6. The van der Waals surface area contributed by atoms with Crippen LogP contribution >= 0.6 is 0 Å². The predicted molar refractivity (Wildman–Crippen MR) is 111 cm³/mol. The summed E-state index contributed by atoms with van der Waals surface area (Å²) in [6, 6.07) is 7.78. The monoisotopic (exact) mass is 414 g/mol. The number of amides is 2. The van der Waals surface area contributed by atoms with Crippen LogP contribution in [0.2, 0.25) is 0 Å². The topological polar surface area (TPSA) is 88.8 Å². The second-order valence-corrected chi connectivity index (χ2v) is 7.46. The van der Waals surface area contributed by atoms with Gasteiger partial charge in [-0.1, -0.05) is 24.2 Å². The molecule has 2 amide bonds. The molecule has 3 rings (SSSR count). The molecule has 1 aromatic carbocycles. The van der Waals surface area contributed by atoms with Gasteiger partial charge in [0, 0.05) is 51.9 Å². The Hall–Kier alpha value is -2.90. The van der Waals surface area contributed by atoms with E-state index >= 15 is 0 Å². The zero-order valence-electron chi connectivity index (χ0n) is 17.8. The van der Waals surface area contributed by atoms with Gasteiger partial charge in [0.1, 0.15) is 5.75 Å². The van der Waals surface area contributed by atoms with Crippen LogP contribution in [0.5, 0.6) is 5.75 Å². The van der Waals surface area contributed by atoms with Crippen LogP contribution in [0.15, 0.2) is 28.8 Å². The van der Waals surface area contributed by atoms with Crippen molar-refractivity contribution < 1.29 is 18.8 Å². The zero-order chi connectivity index (χ0) is 21.3. The van der Waals surface area contributed by atoms with Crippen LogP contribution < -0.4 is 4.74 Å². The van der Waals surface area contributed by atoms with Crippen molar-refractivity contribution in [2.24, 2.45) is 0 Å². The minimum absolute atomic E-state index is 0.0653. The van der Waals surface area contributed by atoms with E-state index in [2.05, 4.69) is 17.1 Å². The van der Waals surface area contributed by atoms with E-state index in [-0.39, 0.29) is 11.8 Å². The quantitative estimate of drug-likeness (QED) is 0.625. The second kappa shape index (κ2) is 10.8. The third-order valence-corrected chi connectivity index (χ3v) is 5.31. The van der Waals surface area contributed by atoms with Gasteiger partial charge >= 0.3 is 0 Å². The lowest BCUT2D eigenvalue weighted by Crippen LogP contribution is -2.50. The van der Waals surface area contributed by atoms with Crippen molar-refractivity contribution >= 4 is 11.8 Å². The highest BCUT2D eigenvalue weighted by molar-refractivity contribution is 5.78. The molecular formula is C22H30N4O4. The Morgan fingerprint density at radius 2 is 1.57 bits per heavy atom. The molecule has 0 radical (unpaired) electrons. The largest absolute Gasteiger partial charge is 0.497 e. The lowest BCUT2D eigenvalue weighted by Gasteiger charge is -2.35. The molecule has 1 aromatic heterocycles. The van der Waals surface area contributed by atoms with Crippen molar-refractivity contribution in [1.82, 2.24) is 19.9 Å². The van der Waals surface area contributed by atoms with Crippen LogP contribution in [0.1, 0.15) is 43.5 Å². The maximum atomic E-state index is 12.5. The van der Waals surface area contributed by atoms with Crippen molar-refractivity contribution in [3.05, 3.63) is 41.5 Å². The van der Waals surface area contributed by atoms with Gasteiger partial charge in [-0.05, 0) is 30.5 Å². The van der Waals surface area contributed by atoms with Crippen LogP contribution in [0.25, 0.3) is 0 Å². The molecule has 2 heterocycles. The Labute approximate surface area is 177 Å². The smallest absolute Gasteiger partial charge is 0.227 e. The van der Waals surface area contributed by atoms with E-state index in [1.165, 1.54) is 0 Å². The van der Waals surface area contributed by atoms with Gasteiger partial charge in [-0.15, -0.1) is 0 Å². The number of ether oxygens (including phenoxy) is 1. The summed E-state index contributed by atoms with van der Waals surface area (Å²) in [5.41, 5.74) is 1.11. The fourth-order valence-electron chi connectivity index (χ4n) is 3.50. The Morgan fingerprint density at radius 3 is 2.13 bits per heavy atom. The number of nitrogens with zero attached hydrogens (tertiary/aromatic N) is 4. The van der Waals surface area contributed by atoms with Gasteiger partial charge in [0.15, 0.2) is 5.82 Å². The summed E-state index contributed by atoms with van der Waals surface area (Å²) < 4.78 is 10.3. The van der Waals surface area contributed by atoms with Crippen LogP contribution in [-0.4, -0.2) is 65.0 Å². The summed E-state index contributed by atoms with van der Waals surface area (Å²) in [6.45, 7) is 4.35. The molecule has 30 heavy (non-hydrogen) atoms. The van der Waals surface area contributed by atoms with Crippen LogP contribution in [0.3, 0.4) is 0 Å². The molecular weight excluding hydrogens is 384 g/mol. The lowest BCUT2D eigenvalue weighted by atomic mass is 10.1. The number of hydrogen-bond donors (Lipinski definition) is 0.